The van der Waals surface area contributed by atoms with Gasteiger partial charge in [-0.2, -0.15) is 0 Å². The Balaban J connectivity index is 1.54. The highest BCUT2D eigenvalue weighted by atomic mass is 16.3. The van der Waals surface area contributed by atoms with Crippen molar-refractivity contribution in [1.82, 2.24) is 15.6 Å². The monoisotopic (exact) mass is 491 g/mol. The molecule has 3 rings (SSSR count). The molecule has 1 amide bonds. The first-order chi connectivity index (χ1) is 17.1. The minimum Gasteiger partial charge on any atom is -0.506 e. The first-order valence-electron chi connectivity index (χ1n) is 12.2. The summed E-state index contributed by atoms with van der Waals surface area (Å²) in [4.78, 5) is 16.7. The normalized spacial score (nSPS) is 12.4. The molecular formula is C29H37N3O4. The number of aromatic nitrogens is 1. The maximum atomic E-state index is 12.6. The summed E-state index contributed by atoms with van der Waals surface area (Å²) in [6.45, 7) is 8.57. The number of aromatic hydroxyl groups is 1. The summed E-state index contributed by atoms with van der Waals surface area (Å²) in [5, 5.41) is 35.9. The third kappa shape index (κ3) is 7.88. The summed E-state index contributed by atoms with van der Waals surface area (Å²) in [7, 11) is 0. The largest absolute Gasteiger partial charge is 0.506 e. The van der Waals surface area contributed by atoms with E-state index in [9.17, 15) is 20.1 Å². The van der Waals surface area contributed by atoms with E-state index < -0.39 is 12.7 Å². The maximum Gasteiger partial charge on any atom is 0.224 e. The van der Waals surface area contributed by atoms with Crippen LogP contribution in [0.4, 0.5) is 0 Å². The van der Waals surface area contributed by atoms with Gasteiger partial charge in [0.05, 0.1) is 18.7 Å². The van der Waals surface area contributed by atoms with E-state index in [-0.39, 0.29) is 29.4 Å². The second-order valence-corrected chi connectivity index (χ2v) is 10.0. The molecule has 192 valence electrons. The van der Waals surface area contributed by atoms with Crippen LogP contribution < -0.4 is 10.6 Å². The van der Waals surface area contributed by atoms with E-state index in [1.54, 1.807) is 6.07 Å². The summed E-state index contributed by atoms with van der Waals surface area (Å²) >= 11 is 0. The minimum absolute atomic E-state index is 0.0165. The molecule has 2 aromatic carbocycles. The van der Waals surface area contributed by atoms with Gasteiger partial charge < -0.3 is 26.0 Å². The fourth-order valence-electron chi connectivity index (χ4n) is 4.15. The summed E-state index contributed by atoms with van der Waals surface area (Å²) in [5.74, 6) is -0.113. The van der Waals surface area contributed by atoms with Crippen molar-refractivity contribution in [2.45, 2.75) is 65.3 Å². The minimum atomic E-state index is -0.887. The van der Waals surface area contributed by atoms with Crippen molar-refractivity contribution in [1.29, 1.82) is 0 Å². The third-order valence-corrected chi connectivity index (χ3v) is 6.22. The Morgan fingerprint density at radius 3 is 2.56 bits per heavy atom. The number of nitrogens with zero attached hydrogens (tertiary/aromatic N) is 1. The van der Waals surface area contributed by atoms with Crippen molar-refractivity contribution in [2.75, 3.05) is 6.54 Å². The zero-order valence-electron chi connectivity index (χ0n) is 21.5. The second kappa shape index (κ2) is 12.1. The van der Waals surface area contributed by atoms with Gasteiger partial charge in [0.15, 0.2) is 0 Å². The van der Waals surface area contributed by atoms with E-state index in [4.69, 9.17) is 0 Å². The van der Waals surface area contributed by atoms with Crippen molar-refractivity contribution >= 4 is 5.91 Å². The van der Waals surface area contributed by atoms with Gasteiger partial charge in [0, 0.05) is 18.6 Å². The molecule has 7 heteroatoms. The molecule has 0 radical (unpaired) electrons. The number of hydrogen-bond donors (Lipinski definition) is 5. The molecule has 0 aliphatic carbocycles. The molecule has 1 unspecified atom stereocenters. The molecule has 0 aliphatic heterocycles. The Morgan fingerprint density at radius 1 is 1.06 bits per heavy atom. The van der Waals surface area contributed by atoms with Crippen LogP contribution in [0, 0.1) is 13.8 Å². The molecule has 1 heterocycles. The summed E-state index contributed by atoms with van der Waals surface area (Å²) < 4.78 is 0. The molecule has 3 aromatic rings. The number of aliphatic hydroxyl groups excluding tert-OH is 2. The lowest BCUT2D eigenvalue weighted by Gasteiger charge is -2.28. The van der Waals surface area contributed by atoms with Crippen LogP contribution in [-0.2, 0) is 30.8 Å². The van der Waals surface area contributed by atoms with Crippen LogP contribution in [0.2, 0.25) is 0 Å². The van der Waals surface area contributed by atoms with E-state index in [0.717, 1.165) is 22.3 Å². The molecular weight excluding hydrogens is 454 g/mol. The predicted molar refractivity (Wildman–Crippen MR) is 140 cm³/mol. The molecule has 0 saturated heterocycles. The van der Waals surface area contributed by atoms with Crippen molar-refractivity contribution in [3.8, 4) is 5.75 Å². The van der Waals surface area contributed by atoms with Crippen LogP contribution in [0.5, 0.6) is 5.75 Å². The lowest BCUT2D eigenvalue weighted by atomic mass is 9.93. The topological polar surface area (TPSA) is 115 Å². The number of carbonyl (C=O) groups is 1. The molecule has 7 nitrogen and oxygen atoms in total. The van der Waals surface area contributed by atoms with Crippen LogP contribution in [0.15, 0.2) is 54.6 Å². The smallest absolute Gasteiger partial charge is 0.224 e. The lowest BCUT2D eigenvalue weighted by Crippen LogP contribution is -2.43. The van der Waals surface area contributed by atoms with Crippen LogP contribution in [0.1, 0.15) is 59.2 Å². The summed E-state index contributed by atoms with van der Waals surface area (Å²) in [5.41, 5.74) is 5.70. The number of β-amino-alcohol motifs (C(OH)–C–C–N with tert-alkyl or cyclic N) is 1. The van der Waals surface area contributed by atoms with E-state index in [2.05, 4.69) is 33.8 Å². The van der Waals surface area contributed by atoms with Crippen LogP contribution in [0.3, 0.4) is 0 Å². The quantitative estimate of drug-likeness (QED) is 0.281. The van der Waals surface area contributed by atoms with Crippen molar-refractivity contribution < 1.29 is 20.1 Å². The fraction of sp³-hybridized carbons (Fsp3) is 0.379. The summed E-state index contributed by atoms with van der Waals surface area (Å²) in [6.07, 6.45) is 0.121. The van der Waals surface area contributed by atoms with Gasteiger partial charge in [-0.15, -0.1) is 0 Å². The second-order valence-electron chi connectivity index (χ2n) is 10.0. The van der Waals surface area contributed by atoms with Crippen molar-refractivity contribution in [2.24, 2.45) is 0 Å². The van der Waals surface area contributed by atoms with Crippen LogP contribution in [0.25, 0.3) is 0 Å². The zero-order valence-corrected chi connectivity index (χ0v) is 21.5. The highest BCUT2D eigenvalue weighted by molar-refractivity contribution is 5.78. The first kappa shape index (κ1) is 27.3. The van der Waals surface area contributed by atoms with Gasteiger partial charge in [-0.05, 0) is 68.5 Å². The van der Waals surface area contributed by atoms with Crippen molar-refractivity contribution in [3.05, 3.63) is 93.8 Å². The Labute approximate surface area is 213 Å². The van der Waals surface area contributed by atoms with Gasteiger partial charge in [0.1, 0.15) is 17.5 Å². The molecule has 1 aromatic heterocycles. The fourth-order valence-corrected chi connectivity index (χ4v) is 4.15. The average molecular weight is 492 g/mol. The van der Waals surface area contributed by atoms with E-state index in [1.165, 1.54) is 11.6 Å². The highest BCUT2D eigenvalue weighted by Crippen LogP contribution is 2.20. The average Bonchev–Trinajstić information content (AvgIpc) is 2.83. The number of amides is 1. The Hall–Kier alpha value is -3.26. The highest BCUT2D eigenvalue weighted by Gasteiger charge is 2.21. The van der Waals surface area contributed by atoms with Gasteiger partial charge >= 0.3 is 0 Å². The molecule has 0 spiro atoms. The number of aliphatic hydroxyl groups is 2. The molecule has 0 aliphatic rings. The SMILES string of the molecule is Cc1ccc(C)c(CNC(=O)Cc2cccc(CC(C)(C)NCC(O)c3ccc(O)c(CO)n3)c2)c1. The zero-order chi connectivity index (χ0) is 26.3. The van der Waals surface area contributed by atoms with Crippen molar-refractivity contribution in [3.63, 3.8) is 0 Å². The standard InChI is InChI=1S/C29H37N3O4/c1-19-8-9-20(2)23(12-19)16-30-28(36)14-21-6-5-7-22(13-21)15-29(3,4)31-17-27(35)24-10-11-26(34)25(18-33)32-24/h5-13,27,31,33-35H,14-18H2,1-4H3,(H,30,36). The number of hydrogen-bond acceptors (Lipinski definition) is 6. The lowest BCUT2D eigenvalue weighted by molar-refractivity contribution is -0.120. The van der Waals surface area contributed by atoms with E-state index >= 15 is 0 Å². The third-order valence-electron chi connectivity index (χ3n) is 6.22. The number of aryl methyl sites for hydroxylation is 2. The Bertz CT molecular complexity index is 1190. The number of benzene rings is 2. The molecule has 1 atom stereocenters. The number of pyridine rings is 1. The van der Waals surface area contributed by atoms with Gasteiger partial charge in [0.25, 0.3) is 0 Å². The van der Waals surface area contributed by atoms with Crippen LogP contribution >= 0.6 is 0 Å². The van der Waals surface area contributed by atoms with Gasteiger partial charge in [0.2, 0.25) is 5.91 Å². The Kier molecular flexibility index (Phi) is 9.20. The van der Waals surface area contributed by atoms with E-state index in [1.807, 2.05) is 52.0 Å². The van der Waals surface area contributed by atoms with E-state index in [0.29, 0.717) is 25.1 Å². The molecule has 0 fully saturated rings. The molecule has 0 saturated carbocycles. The molecule has 0 bridgehead atoms. The van der Waals surface area contributed by atoms with Gasteiger partial charge in [-0.1, -0.05) is 48.0 Å². The molecule has 36 heavy (non-hydrogen) atoms. The van der Waals surface area contributed by atoms with Gasteiger partial charge in [-0.25, -0.2) is 4.98 Å². The predicted octanol–water partition coefficient (Wildman–Crippen LogP) is 3.40. The van der Waals surface area contributed by atoms with Crippen LogP contribution in [-0.4, -0.2) is 38.3 Å². The first-order valence-corrected chi connectivity index (χ1v) is 12.2. The number of carbonyl (C=O) groups excluding carboxylic acids is 1. The van der Waals surface area contributed by atoms with Gasteiger partial charge in [-0.3, -0.25) is 4.79 Å². The summed E-state index contributed by atoms with van der Waals surface area (Å²) in [6, 6.07) is 17.2. The maximum absolute atomic E-state index is 12.6. The number of nitrogens with one attached hydrogen (secondary N) is 2. The number of rotatable bonds is 11. The Morgan fingerprint density at radius 2 is 1.81 bits per heavy atom. The molecule has 5 N–H and O–H groups in total.